The third-order valence-corrected chi connectivity index (χ3v) is 7.62. The van der Waals surface area contributed by atoms with Crippen LogP contribution in [0.3, 0.4) is 0 Å². The van der Waals surface area contributed by atoms with Gasteiger partial charge in [0.05, 0.1) is 17.0 Å². The fourth-order valence-electron chi connectivity index (χ4n) is 4.57. The number of hydrogen-bond donors (Lipinski definition) is 0. The molecule has 6 rings (SSSR count). The summed E-state index contributed by atoms with van der Waals surface area (Å²) < 4.78 is 7.42. The van der Waals surface area contributed by atoms with E-state index in [0.717, 1.165) is 23.1 Å². The van der Waals surface area contributed by atoms with Gasteiger partial charge in [0.1, 0.15) is 16.7 Å². The summed E-state index contributed by atoms with van der Waals surface area (Å²) in [6.07, 6.45) is 2.69. The van der Waals surface area contributed by atoms with Crippen molar-refractivity contribution in [2.45, 2.75) is 11.8 Å². The molecule has 3 heterocycles. The van der Waals surface area contributed by atoms with Gasteiger partial charge in [0.2, 0.25) is 5.91 Å². The Morgan fingerprint density at radius 2 is 1.64 bits per heavy atom. The fraction of sp³-hybridized carbons (Fsp3) is 0.138. The molecular formula is C29H23N3O3S. The van der Waals surface area contributed by atoms with Gasteiger partial charge >= 0.3 is 5.63 Å². The van der Waals surface area contributed by atoms with Crippen LogP contribution in [0.4, 0.5) is 0 Å². The van der Waals surface area contributed by atoms with Crippen molar-refractivity contribution in [1.82, 2.24) is 14.7 Å². The summed E-state index contributed by atoms with van der Waals surface area (Å²) in [5.74, 6) is 0.478. The van der Waals surface area contributed by atoms with Crippen molar-refractivity contribution >= 4 is 28.6 Å². The van der Waals surface area contributed by atoms with Gasteiger partial charge in [-0.25, -0.2) is 9.48 Å². The van der Waals surface area contributed by atoms with Crippen molar-refractivity contribution in [3.05, 3.63) is 119 Å². The molecule has 5 aromatic rings. The third kappa shape index (κ3) is 4.22. The summed E-state index contributed by atoms with van der Waals surface area (Å²) in [5, 5.41) is 5.42. The topological polar surface area (TPSA) is 68.3 Å². The first-order valence-electron chi connectivity index (χ1n) is 11.8. The number of fused-ring (bicyclic) bond motifs is 1. The number of amides is 1. The number of benzene rings is 3. The Kier molecular flexibility index (Phi) is 5.91. The Morgan fingerprint density at radius 3 is 2.44 bits per heavy atom. The number of thioether (sulfide) groups is 1. The minimum absolute atomic E-state index is 0.0879. The predicted molar refractivity (Wildman–Crippen MR) is 142 cm³/mol. The first-order chi connectivity index (χ1) is 17.7. The van der Waals surface area contributed by atoms with E-state index in [-0.39, 0.29) is 11.3 Å². The molecule has 1 aliphatic heterocycles. The van der Waals surface area contributed by atoms with Crippen molar-refractivity contribution in [1.29, 1.82) is 0 Å². The van der Waals surface area contributed by atoms with Crippen LogP contribution in [-0.2, 0) is 11.2 Å². The number of hydrogen-bond acceptors (Lipinski definition) is 5. The number of aromatic nitrogens is 2. The van der Waals surface area contributed by atoms with Crippen LogP contribution in [0, 0.1) is 0 Å². The Hall–Kier alpha value is -4.10. The van der Waals surface area contributed by atoms with Crippen molar-refractivity contribution < 1.29 is 9.21 Å². The van der Waals surface area contributed by atoms with Crippen LogP contribution in [0.15, 0.2) is 106 Å². The molecule has 0 saturated carbocycles. The van der Waals surface area contributed by atoms with E-state index in [2.05, 4.69) is 12.1 Å². The van der Waals surface area contributed by atoms with Gasteiger partial charge < -0.3 is 9.32 Å². The second kappa shape index (κ2) is 9.51. The lowest BCUT2D eigenvalue weighted by atomic mass is 10.1. The smallest absolute Gasteiger partial charge is 0.345 e. The van der Waals surface area contributed by atoms with E-state index in [1.54, 1.807) is 22.5 Å². The number of carbonyl (C=O) groups excluding carboxylic acids is 1. The summed E-state index contributed by atoms with van der Waals surface area (Å²) in [7, 11) is 0. The highest BCUT2D eigenvalue weighted by molar-refractivity contribution is 8.00. The molecule has 1 saturated heterocycles. The van der Waals surface area contributed by atoms with Crippen molar-refractivity contribution in [2.75, 3.05) is 12.3 Å². The average molecular weight is 494 g/mol. The van der Waals surface area contributed by atoms with E-state index in [1.807, 2.05) is 83.9 Å². The normalized spacial score (nSPS) is 15.6. The largest absolute Gasteiger partial charge is 0.422 e. The summed E-state index contributed by atoms with van der Waals surface area (Å²) in [6.45, 7) is 0.586. The van der Waals surface area contributed by atoms with Crippen LogP contribution in [0.25, 0.3) is 27.9 Å². The zero-order valence-electron chi connectivity index (χ0n) is 19.4. The number of rotatable bonds is 6. The summed E-state index contributed by atoms with van der Waals surface area (Å²) >= 11 is 1.56. The van der Waals surface area contributed by atoms with Crippen LogP contribution >= 0.6 is 11.8 Å². The second-order valence-corrected chi connectivity index (χ2v) is 9.75. The maximum atomic E-state index is 13.1. The third-order valence-electron chi connectivity index (χ3n) is 6.38. The highest BCUT2D eigenvalue weighted by atomic mass is 32.2. The van der Waals surface area contributed by atoms with Crippen molar-refractivity contribution in [2.24, 2.45) is 0 Å². The minimum atomic E-state index is -0.446. The van der Waals surface area contributed by atoms with Crippen LogP contribution in [0.1, 0.15) is 16.5 Å². The van der Waals surface area contributed by atoms with E-state index in [9.17, 15) is 9.59 Å². The quantitative estimate of drug-likeness (QED) is 0.294. The highest BCUT2D eigenvalue weighted by Gasteiger charge is 2.36. The molecule has 0 radical (unpaired) electrons. The molecule has 1 amide bonds. The van der Waals surface area contributed by atoms with Gasteiger partial charge in [-0.05, 0) is 36.2 Å². The molecular weight excluding hydrogens is 470 g/mol. The number of carbonyl (C=O) groups is 1. The zero-order valence-corrected chi connectivity index (χ0v) is 20.2. The molecule has 6 nitrogen and oxygen atoms in total. The molecule has 7 heteroatoms. The van der Waals surface area contributed by atoms with E-state index in [1.165, 1.54) is 5.56 Å². The summed E-state index contributed by atoms with van der Waals surface area (Å²) in [5.41, 5.74) is 3.89. The monoisotopic (exact) mass is 493 g/mol. The van der Waals surface area contributed by atoms with Gasteiger partial charge in [-0.2, -0.15) is 5.10 Å². The molecule has 36 heavy (non-hydrogen) atoms. The summed E-state index contributed by atoms with van der Waals surface area (Å²) in [6, 6.07) is 29.2. The Bertz CT molecular complexity index is 1590. The highest BCUT2D eigenvalue weighted by Crippen LogP contribution is 2.42. The predicted octanol–water partition coefficient (Wildman–Crippen LogP) is 5.46. The van der Waals surface area contributed by atoms with Gasteiger partial charge in [-0.3, -0.25) is 4.79 Å². The molecule has 0 N–H and O–H groups in total. The van der Waals surface area contributed by atoms with Gasteiger partial charge in [0.25, 0.3) is 0 Å². The second-order valence-electron chi connectivity index (χ2n) is 8.68. The van der Waals surface area contributed by atoms with Crippen molar-refractivity contribution in [3.63, 3.8) is 0 Å². The molecule has 1 atom stereocenters. The van der Waals surface area contributed by atoms with Gasteiger partial charge in [-0.15, -0.1) is 11.8 Å². The lowest BCUT2D eigenvalue weighted by molar-refractivity contribution is -0.128. The molecule has 3 aromatic carbocycles. The average Bonchev–Trinajstić information content (AvgIpc) is 3.51. The SMILES string of the molecule is O=C1CSC(c2cn(-c3ccccc3)nc2-c2cc3ccccc3oc2=O)N1CCc1ccccc1. The lowest BCUT2D eigenvalue weighted by Gasteiger charge is -2.24. The molecule has 0 bridgehead atoms. The zero-order chi connectivity index (χ0) is 24.5. The minimum Gasteiger partial charge on any atom is -0.422 e. The Morgan fingerprint density at radius 1 is 0.917 bits per heavy atom. The molecule has 1 fully saturated rings. The molecule has 0 aliphatic carbocycles. The number of nitrogens with zero attached hydrogens (tertiary/aromatic N) is 3. The first kappa shape index (κ1) is 22.4. The van der Waals surface area contributed by atoms with E-state index in [0.29, 0.717) is 29.1 Å². The van der Waals surface area contributed by atoms with E-state index >= 15 is 0 Å². The maximum absolute atomic E-state index is 13.1. The van der Waals surface area contributed by atoms with Crippen LogP contribution in [0.2, 0.25) is 0 Å². The van der Waals surface area contributed by atoms with Crippen molar-refractivity contribution in [3.8, 4) is 16.9 Å². The molecule has 0 spiro atoms. The van der Waals surface area contributed by atoms with Gasteiger partial charge in [0, 0.05) is 23.7 Å². The lowest BCUT2D eigenvalue weighted by Crippen LogP contribution is -2.30. The first-order valence-corrected chi connectivity index (χ1v) is 12.9. The molecule has 1 unspecified atom stereocenters. The summed E-state index contributed by atoms with van der Waals surface area (Å²) in [4.78, 5) is 27.9. The van der Waals surface area contributed by atoms with Crippen LogP contribution in [-0.4, -0.2) is 32.9 Å². The maximum Gasteiger partial charge on any atom is 0.345 e. The standard InChI is InChI=1S/C29H23N3O3S/c33-26-19-36-28(31(26)16-15-20-9-3-1-4-10-20)24-18-32(22-12-5-2-6-13-22)30-27(24)23-17-21-11-7-8-14-25(21)35-29(23)34/h1-14,17-18,28H,15-16,19H2. The van der Waals surface area contributed by atoms with Crippen LogP contribution < -0.4 is 5.63 Å². The number of para-hydroxylation sites is 2. The van der Waals surface area contributed by atoms with E-state index < -0.39 is 5.63 Å². The molecule has 178 valence electrons. The van der Waals surface area contributed by atoms with Gasteiger partial charge in [-0.1, -0.05) is 66.7 Å². The Labute approximate surface area is 212 Å². The molecule has 2 aromatic heterocycles. The van der Waals surface area contributed by atoms with Gasteiger partial charge in [0.15, 0.2) is 0 Å². The van der Waals surface area contributed by atoms with E-state index in [4.69, 9.17) is 9.52 Å². The molecule has 1 aliphatic rings. The Balaban J connectivity index is 1.45. The fourth-order valence-corrected chi connectivity index (χ4v) is 5.79. The van der Waals surface area contributed by atoms with Crippen LogP contribution in [0.5, 0.6) is 0 Å².